The van der Waals surface area contributed by atoms with E-state index in [2.05, 4.69) is 41.4 Å². The van der Waals surface area contributed by atoms with Crippen LogP contribution in [-0.2, 0) is 6.54 Å². The SMILES string of the molecule is COc1ccc2[nH+]c(Cl)c(C[NH2+]CC[NH+](C)C)c(N3CCCCC3)c2c1. The van der Waals surface area contributed by atoms with Crippen molar-refractivity contribution in [2.75, 3.05) is 52.3 Å². The Morgan fingerprint density at radius 3 is 2.69 bits per heavy atom. The summed E-state index contributed by atoms with van der Waals surface area (Å²) in [6.45, 7) is 5.32. The molecule has 3 rings (SSSR count). The first kappa shape index (κ1) is 19.2. The van der Waals surface area contributed by atoms with E-state index >= 15 is 0 Å². The van der Waals surface area contributed by atoms with Gasteiger partial charge in [-0.05, 0) is 43.0 Å². The molecule has 6 heteroatoms. The standard InChI is InChI=1S/C20H29ClN4O/c1-24(2)12-9-22-14-17-19(25-10-5-4-6-11-25)16-13-15(26-3)7-8-18(16)23-20(17)21/h7-8,13,22H,4-6,9-12,14H2,1-3H3/p+3. The number of ether oxygens (including phenoxy) is 1. The van der Waals surface area contributed by atoms with Crippen LogP contribution in [0.3, 0.4) is 0 Å². The van der Waals surface area contributed by atoms with Gasteiger partial charge in [-0.1, -0.05) is 0 Å². The molecule has 1 aliphatic heterocycles. The molecule has 142 valence electrons. The molecule has 1 aromatic heterocycles. The topological polar surface area (TPSA) is 47.7 Å². The number of piperidine rings is 1. The number of aromatic amines is 1. The minimum absolute atomic E-state index is 0.761. The van der Waals surface area contributed by atoms with Crippen molar-refractivity contribution in [1.82, 2.24) is 0 Å². The van der Waals surface area contributed by atoms with Gasteiger partial charge < -0.3 is 19.9 Å². The van der Waals surface area contributed by atoms with E-state index in [0.29, 0.717) is 0 Å². The molecule has 0 saturated carbocycles. The number of pyridine rings is 1. The first-order valence-electron chi connectivity index (χ1n) is 9.67. The van der Waals surface area contributed by atoms with E-state index in [9.17, 15) is 0 Å². The van der Waals surface area contributed by atoms with Crippen LogP contribution in [0.25, 0.3) is 10.9 Å². The Kier molecular flexibility index (Phi) is 6.57. The average molecular weight is 380 g/mol. The molecule has 0 amide bonds. The number of quaternary nitrogens is 2. The summed E-state index contributed by atoms with van der Waals surface area (Å²) >= 11 is 6.70. The van der Waals surface area contributed by atoms with Crippen molar-refractivity contribution in [3.05, 3.63) is 28.9 Å². The van der Waals surface area contributed by atoms with Crippen LogP contribution in [0.5, 0.6) is 5.75 Å². The second-order valence-electron chi connectivity index (χ2n) is 7.46. The summed E-state index contributed by atoms with van der Waals surface area (Å²) in [6.07, 6.45) is 3.81. The molecule has 4 N–H and O–H groups in total. The Morgan fingerprint density at radius 2 is 2.00 bits per heavy atom. The van der Waals surface area contributed by atoms with Gasteiger partial charge in [-0.25, -0.2) is 0 Å². The van der Waals surface area contributed by atoms with Crippen molar-refractivity contribution in [3.63, 3.8) is 0 Å². The van der Waals surface area contributed by atoms with Crippen LogP contribution in [0.1, 0.15) is 24.8 Å². The second-order valence-corrected chi connectivity index (χ2v) is 7.84. The fourth-order valence-electron chi connectivity index (χ4n) is 3.72. The number of nitrogens with one attached hydrogen (secondary N) is 2. The highest BCUT2D eigenvalue weighted by Crippen LogP contribution is 2.35. The number of aromatic nitrogens is 1. The molecular weight excluding hydrogens is 348 g/mol. The van der Waals surface area contributed by atoms with Gasteiger partial charge >= 0.3 is 0 Å². The van der Waals surface area contributed by atoms with Crippen LogP contribution in [0.2, 0.25) is 5.15 Å². The number of hydrogen-bond donors (Lipinski definition) is 2. The fourth-order valence-corrected chi connectivity index (χ4v) is 3.99. The molecule has 2 aromatic rings. The molecule has 0 radical (unpaired) electrons. The largest absolute Gasteiger partial charge is 0.497 e. The smallest absolute Gasteiger partial charge is 0.284 e. The van der Waals surface area contributed by atoms with Crippen molar-refractivity contribution in [2.45, 2.75) is 25.8 Å². The third kappa shape index (κ3) is 4.40. The van der Waals surface area contributed by atoms with Gasteiger partial charge in [0.15, 0.2) is 0 Å². The van der Waals surface area contributed by atoms with E-state index in [1.54, 1.807) is 7.11 Å². The quantitative estimate of drug-likeness (QED) is 0.544. The summed E-state index contributed by atoms with van der Waals surface area (Å²) < 4.78 is 5.48. The van der Waals surface area contributed by atoms with Gasteiger partial charge in [-0.2, -0.15) is 4.98 Å². The minimum Gasteiger partial charge on any atom is -0.497 e. The number of fused-ring (bicyclic) bond motifs is 1. The minimum atomic E-state index is 0.761. The highest BCUT2D eigenvalue weighted by Gasteiger charge is 2.26. The number of benzene rings is 1. The predicted molar refractivity (Wildman–Crippen MR) is 106 cm³/mol. The lowest BCUT2D eigenvalue weighted by Gasteiger charge is -2.30. The molecule has 0 atom stereocenters. The molecule has 1 aromatic carbocycles. The Labute approximate surface area is 161 Å². The molecule has 1 fully saturated rings. The van der Waals surface area contributed by atoms with E-state index in [1.807, 2.05) is 6.07 Å². The van der Waals surface area contributed by atoms with Gasteiger partial charge in [-0.3, -0.25) is 0 Å². The number of halogens is 1. The monoisotopic (exact) mass is 379 g/mol. The molecule has 2 heterocycles. The van der Waals surface area contributed by atoms with Crippen molar-refractivity contribution in [2.24, 2.45) is 0 Å². The van der Waals surface area contributed by atoms with Crippen LogP contribution in [-0.4, -0.2) is 47.4 Å². The van der Waals surface area contributed by atoms with Gasteiger partial charge in [0.1, 0.15) is 30.9 Å². The molecule has 5 nitrogen and oxygen atoms in total. The van der Waals surface area contributed by atoms with E-state index < -0.39 is 0 Å². The third-order valence-electron chi connectivity index (χ3n) is 5.15. The number of rotatable bonds is 7. The van der Waals surface area contributed by atoms with E-state index in [-0.39, 0.29) is 0 Å². The first-order valence-corrected chi connectivity index (χ1v) is 10.0. The number of likely N-dealkylation sites (N-methyl/N-ethyl adjacent to an activating group) is 1. The zero-order valence-electron chi connectivity index (χ0n) is 16.2. The second kappa shape index (κ2) is 8.89. The summed E-state index contributed by atoms with van der Waals surface area (Å²) in [4.78, 5) is 7.39. The van der Waals surface area contributed by atoms with Crippen LogP contribution < -0.4 is 24.8 Å². The molecule has 0 spiro atoms. The van der Waals surface area contributed by atoms with Crippen molar-refractivity contribution in [3.8, 4) is 5.75 Å². The highest BCUT2D eigenvalue weighted by molar-refractivity contribution is 6.30. The Hall–Kier alpha value is -1.56. The molecule has 1 aliphatic rings. The van der Waals surface area contributed by atoms with Crippen molar-refractivity contribution in [1.29, 1.82) is 0 Å². The zero-order valence-corrected chi connectivity index (χ0v) is 17.0. The molecule has 1 saturated heterocycles. The van der Waals surface area contributed by atoms with Gasteiger partial charge in [0, 0.05) is 19.2 Å². The molecule has 26 heavy (non-hydrogen) atoms. The number of hydrogen-bond acceptors (Lipinski definition) is 2. The maximum Gasteiger partial charge on any atom is 0.284 e. The lowest BCUT2D eigenvalue weighted by Crippen LogP contribution is -3.09. The molecule has 0 bridgehead atoms. The summed E-state index contributed by atoms with van der Waals surface area (Å²) in [6, 6.07) is 6.19. The van der Waals surface area contributed by atoms with Crippen LogP contribution in [0.15, 0.2) is 18.2 Å². The fraction of sp³-hybridized carbons (Fsp3) is 0.550. The normalized spacial score (nSPS) is 15.0. The van der Waals surface area contributed by atoms with E-state index in [0.717, 1.165) is 49.1 Å². The van der Waals surface area contributed by atoms with E-state index in [1.165, 1.54) is 40.8 Å². The Bertz CT molecular complexity index is 744. The van der Waals surface area contributed by atoms with Crippen molar-refractivity contribution >= 4 is 28.2 Å². The predicted octanol–water partition coefficient (Wildman–Crippen LogP) is 0.514. The maximum atomic E-state index is 6.70. The summed E-state index contributed by atoms with van der Waals surface area (Å²) in [5.41, 5.74) is 3.57. The number of methoxy groups -OCH3 is 1. The van der Waals surface area contributed by atoms with Gasteiger partial charge in [0.05, 0.1) is 32.3 Å². The number of nitrogens with zero attached hydrogens (tertiary/aromatic N) is 1. The lowest BCUT2D eigenvalue weighted by atomic mass is 10.0. The van der Waals surface area contributed by atoms with Crippen LogP contribution in [0.4, 0.5) is 5.69 Å². The number of H-pyrrole nitrogens is 1. The number of anilines is 1. The average Bonchev–Trinajstić information content (AvgIpc) is 2.65. The molecule has 0 unspecified atom stereocenters. The summed E-state index contributed by atoms with van der Waals surface area (Å²) in [7, 11) is 6.10. The number of nitrogens with two attached hydrogens (primary N) is 1. The first-order chi connectivity index (χ1) is 12.6. The maximum absolute atomic E-state index is 6.70. The summed E-state index contributed by atoms with van der Waals surface area (Å²) in [5.74, 6) is 0.887. The Balaban J connectivity index is 2.00. The third-order valence-corrected chi connectivity index (χ3v) is 5.47. The highest BCUT2D eigenvalue weighted by atomic mass is 35.5. The molecule has 0 aliphatic carbocycles. The molecular formula is C20H32ClN4O+3. The van der Waals surface area contributed by atoms with E-state index in [4.69, 9.17) is 16.3 Å². The van der Waals surface area contributed by atoms with Gasteiger partial charge in [0.25, 0.3) is 5.15 Å². The van der Waals surface area contributed by atoms with Gasteiger partial charge in [-0.15, -0.1) is 0 Å². The Morgan fingerprint density at radius 1 is 1.23 bits per heavy atom. The van der Waals surface area contributed by atoms with Gasteiger partial charge in [0.2, 0.25) is 5.52 Å². The lowest BCUT2D eigenvalue weighted by molar-refractivity contribution is -0.875. The summed E-state index contributed by atoms with van der Waals surface area (Å²) in [5, 5.41) is 4.33. The zero-order chi connectivity index (χ0) is 18.5. The van der Waals surface area contributed by atoms with Crippen LogP contribution >= 0.6 is 11.6 Å². The van der Waals surface area contributed by atoms with Crippen molar-refractivity contribution < 1.29 is 19.9 Å². The van der Waals surface area contributed by atoms with Crippen LogP contribution in [0, 0.1) is 0 Å².